The second-order valence-electron chi connectivity index (χ2n) is 18.5. The summed E-state index contributed by atoms with van der Waals surface area (Å²) >= 11 is 0. The van der Waals surface area contributed by atoms with Crippen molar-refractivity contribution in [2.24, 2.45) is 16.7 Å². The summed E-state index contributed by atoms with van der Waals surface area (Å²) in [6, 6.07) is 27.3. The number of carbonyl (C=O) groups is 6. The second kappa shape index (κ2) is 17.2. The van der Waals surface area contributed by atoms with Gasteiger partial charge in [0.1, 0.15) is 23.9 Å². The summed E-state index contributed by atoms with van der Waals surface area (Å²) in [5.41, 5.74) is -7.08. The third-order valence-electron chi connectivity index (χ3n) is 14.5. The van der Waals surface area contributed by atoms with Gasteiger partial charge in [0.15, 0.2) is 23.6 Å². The first kappa shape index (κ1) is 46.3. The number of hydrogen-bond donors (Lipinski definition) is 4. The monoisotopic (exact) mass is 903 g/mol. The van der Waals surface area contributed by atoms with Crippen molar-refractivity contribution in [3.8, 4) is 0 Å². The summed E-state index contributed by atoms with van der Waals surface area (Å²) in [4.78, 5) is 84.3. The predicted molar refractivity (Wildman–Crippen MR) is 235 cm³/mol. The van der Waals surface area contributed by atoms with E-state index in [1.807, 2.05) is 24.3 Å². The maximum atomic E-state index is 15.6. The van der Waals surface area contributed by atoms with Crippen molar-refractivity contribution in [1.82, 2.24) is 5.32 Å². The van der Waals surface area contributed by atoms with Crippen LogP contribution in [-0.4, -0.2) is 105 Å². The first-order chi connectivity index (χ1) is 31.2. The third-order valence-corrected chi connectivity index (χ3v) is 14.5. The van der Waals surface area contributed by atoms with Gasteiger partial charge in [-0.05, 0) is 71.7 Å². The van der Waals surface area contributed by atoms with Gasteiger partial charge in [0.05, 0.1) is 35.6 Å². The van der Waals surface area contributed by atoms with Crippen LogP contribution in [0.2, 0.25) is 0 Å². The van der Waals surface area contributed by atoms with Crippen LogP contribution in [0.3, 0.4) is 0 Å². The Morgan fingerprint density at radius 3 is 2.03 bits per heavy atom. The molecule has 11 atom stereocenters. The van der Waals surface area contributed by atoms with E-state index < -0.39 is 113 Å². The van der Waals surface area contributed by atoms with Crippen molar-refractivity contribution in [3.63, 3.8) is 0 Å². The van der Waals surface area contributed by atoms with Crippen molar-refractivity contribution in [2.45, 2.75) is 108 Å². The number of carbonyl (C=O) groups excluding carboxylic acids is 6. The first-order valence-corrected chi connectivity index (χ1v) is 21.9. The number of ether oxygens (including phenoxy) is 5. The highest BCUT2D eigenvalue weighted by Gasteiger charge is 2.78. The molecule has 3 aliphatic carbocycles. The van der Waals surface area contributed by atoms with E-state index in [1.54, 1.807) is 80.6 Å². The van der Waals surface area contributed by atoms with E-state index in [0.29, 0.717) is 5.56 Å². The summed E-state index contributed by atoms with van der Waals surface area (Å²) in [6.07, 6.45) is -10.6. The Kier molecular flexibility index (Phi) is 12.1. The number of rotatable bonds is 10. The van der Waals surface area contributed by atoms with Crippen LogP contribution in [0.4, 0.5) is 0 Å². The van der Waals surface area contributed by atoms with E-state index in [1.165, 1.54) is 26.0 Å². The normalized spacial score (nSPS) is 30.7. The second-order valence-corrected chi connectivity index (χ2v) is 18.5. The Balaban J connectivity index is 1.27. The molecule has 0 radical (unpaired) electrons. The van der Waals surface area contributed by atoms with Gasteiger partial charge in [0.25, 0.3) is 5.91 Å². The Morgan fingerprint density at radius 2 is 1.42 bits per heavy atom. The fraction of sp³-hybridized carbons (Fsp3) is 0.412. The number of ketones is 1. The van der Waals surface area contributed by atoms with Gasteiger partial charge >= 0.3 is 23.9 Å². The number of aliphatic hydroxyl groups excluding tert-OH is 2. The lowest BCUT2D eigenvalue weighted by Crippen LogP contribution is -2.82. The Bertz CT molecular complexity index is 2630. The van der Waals surface area contributed by atoms with E-state index in [2.05, 4.69) is 5.32 Å². The fourth-order valence-corrected chi connectivity index (χ4v) is 10.9. The average Bonchev–Trinajstić information content (AvgIpc) is 3.29. The van der Waals surface area contributed by atoms with Gasteiger partial charge in [-0.1, -0.05) is 86.6 Å². The first-order valence-electron chi connectivity index (χ1n) is 21.9. The zero-order valence-corrected chi connectivity index (χ0v) is 37.4. The molecule has 66 heavy (non-hydrogen) atoms. The SMILES string of the molecule is CC(=O)O[C@H]1C(=O)[C@@]2(C)[C@H]([C@H](OC(=O)c3ccccc3)[C@]3(O)CC(OC(=O)[C@H](O)[C@@H](NC(=O)c4ccccc4)c4ccc5ccccc5c4)C(C)=C1C3(C)C)[C@]1(OC(C)=O)CO[C@@H]1C[C@@H]2O. The molecule has 1 saturated heterocycles. The number of esters is 4. The lowest BCUT2D eigenvalue weighted by Gasteiger charge is -2.67. The molecule has 4 aromatic carbocycles. The minimum Gasteiger partial charge on any atom is -0.456 e. The van der Waals surface area contributed by atoms with Gasteiger partial charge in [-0.25, -0.2) is 9.59 Å². The number of nitrogens with one attached hydrogen (secondary N) is 1. The van der Waals surface area contributed by atoms with Crippen LogP contribution in [0.1, 0.15) is 86.7 Å². The van der Waals surface area contributed by atoms with E-state index in [4.69, 9.17) is 23.7 Å². The number of aliphatic hydroxyl groups is 3. The van der Waals surface area contributed by atoms with Gasteiger partial charge in [0, 0.05) is 37.7 Å². The van der Waals surface area contributed by atoms with Crippen molar-refractivity contribution >= 4 is 46.3 Å². The van der Waals surface area contributed by atoms with Crippen molar-refractivity contribution in [1.29, 1.82) is 0 Å². The third kappa shape index (κ3) is 7.57. The number of hydrogen-bond acceptors (Lipinski definition) is 14. The maximum absolute atomic E-state index is 15.6. The van der Waals surface area contributed by atoms with Crippen LogP contribution in [-0.2, 0) is 42.9 Å². The highest BCUT2D eigenvalue weighted by Crippen LogP contribution is 2.64. The molecule has 4 N–H and O–H groups in total. The van der Waals surface area contributed by atoms with E-state index in [0.717, 1.165) is 24.6 Å². The van der Waals surface area contributed by atoms with E-state index in [-0.39, 0.29) is 35.3 Å². The van der Waals surface area contributed by atoms with Gasteiger partial charge in [-0.15, -0.1) is 0 Å². The number of fused-ring (bicyclic) bond motifs is 6. The topological polar surface area (TPSA) is 221 Å². The molecule has 1 aliphatic heterocycles. The van der Waals surface area contributed by atoms with Gasteiger partial charge < -0.3 is 44.3 Å². The molecule has 346 valence electrons. The van der Waals surface area contributed by atoms with Gasteiger partial charge in [-0.3, -0.25) is 19.2 Å². The van der Waals surface area contributed by atoms with Crippen LogP contribution >= 0.6 is 0 Å². The predicted octanol–water partition coefficient (Wildman–Crippen LogP) is 4.89. The lowest BCUT2D eigenvalue weighted by molar-refractivity contribution is -0.346. The molecule has 2 bridgehead atoms. The highest BCUT2D eigenvalue weighted by molar-refractivity contribution is 5.96. The molecular weight excluding hydrogens is 851 g/mol. The molecule has 15 nitrogen and oxygen atoms in total. The number of Topliss-reactive ketones (excluding diaryl/α,β-unsaturated/α-hetero) is 1. The summed E-state index contributed by atoms with van der Waals surface area (Å²) in [5.74, 6) is -6.87. The van der Waals surface area contributed by atoms with Crippen LogP contribution in [0.5, 0.6) is 0 Å². The summed E-state index contributed by atoms with van der Waals surface area (Å²) in [6.45, 7) is 7.99. The zero-order valence-electron chi connectivity index (χ0n) is 37.4. The quantitative estimate of drug-likeness (QED) is 0.0947. The Labute approximate surface area is 381 Å². The Morgan fingerprint density at radius 1 is 0.803 bits per heavy atom. The zero-order chi connectivity index (χ0) is 47.5. The van der Waals surface area contributed by atoms with Gasteiger partial charge in [-0.2, -0.15) is 0 Å². The standard InChI is InChI=1S/C51H53NO14/c1-27-35(64-47(60)40(56)39(52-45(58)31-16-9-7-10-17-31)34-22-21-30-15-13-14-20-33(30)23-34)25-51(61)44(65-46(59)32-18-11-8-12-19-32)42-49(6,36(55)24-37-50(42,26-62-37)66-29(3)54)43(57)41(63-28(2)53)38(27)48(51,4)5/h7-23,35-37,39-42,44,55-56,61H,24-26H2,1-6H3,(H,52,58)/t35?,36-,37+,39-,40+,41+,42-,44-,49+,50-,51+/m0/s1. The molecule has 4 aliphatic rings. The maximum Gasteiger partial charge on any atom is 0.338 e. The van der Waals surface area contributed by atoms with Crippen LogP contribution in [0.15, 0.2) is 114 Å². The molecule has 15 heteroatoms. The lowest BCUT2D eigenvalue weighted by atomic mass is 9.44. The Hall–Kier alpha value is -6.26. The molecule has 4 aromatic rings. The summed E-state index contributed by atoms with van der Waals surface area (Å²) in [7, 11) is 0. The molecular formula is C51H53NO14. The molecule has 3 fully saturated rings. The fourth-order valence-electron chi connectivity index (χ4n) is 10.9. The number of benzene rings is 4. The molecule has 0 spiro atoms. The van der Waals surface area contributed by atoms with Crippen molar-refractivity contribution in [2.75, 3.05) is 6.61 Å². The van der Waals surface area contributed by atoms with E-state index in [9.17, 15) is 39.3 Å². The largest absolute Gasteiger partial charge is 0.456 e. The van der Waals surface area contributed by atoms with Crippen molar-refractivity contribution < 1.29 is 67.8 Å². The molecule has 1 heterocycles. The van der Waals surface area contributed by atoms with Crippen molar-refractivity contribution in [3.05, 3.63) is 131 Å². The van der Waals surface area contributed by atoms with Crippen LogP contribution < -0.4 is 5.32 Å². The molecule has 0 aromatic heterocycles. The highest BCUT2D eigenvalue weighted by atomic mass is 16.6. The van der Waals surface area contributed by atoms with E-state index >= 15 is 4.79 Å². The molecule has 2 saturated carbocycles. The smallest absolute Gasteiger partial charge is 0.338 e. The number of amides is 1. The minimum atomic E-state index is -2.41. The summed E-state index contributed by atoms with van der Waals surface area (Å²) < 4.78 is 30.5. The minimum absolute atomic E-state index is 0.00615. The molecule has 1 unspecified atom stereocenters. The van der Waals surface area contributed by atoms with Crippen LogP contribution in [0, 0.1) is 16.7 Å². The van der Waals surface area contributed by atoms with Gasteiger partial charge in [0.2, 0.25) is 0 Å². The average molecular weight is 904 g/mol. The molecule has 8 rings (SSSR count). The van der Waals surface area contributed by atoms with Crippen LogP contribution in [0.25, 0.3) is 10.8 Å². The summed E-state index contributed by atoms with van der Waals surface area (Å²) in [5, 5.41) is 42.4. The molecule has 1 amide bonds.